The Labute approximate surface area is 201 Å². The van der Waals surface area contributed by atoms with Gasteiger partial charge in [0.1, 0.15) is 5.75 Å². The summed E-state index contributed by atoms with van der Waals surface area (Å²) >= 11 is 0. The van der Waals surface area contributed by atoms with Gasteiger partial charge in [0.05, 0.1) is 0 Å². The molecule has 0 fully saturated rings. The Balaban J connectivity index is 0.000000196. The first kappa shape index (κ1) is 24.6. The maximum absolute atomic E-state index is 9.32. The number of phenolic OH excluding ortho intramolecular Hbond substituents is 7. The molecule has 0 aliphatic heterocycles. The molecule has 0 amide bonds. The average molecular weight is 472 g/mol. The molecule has 4 rings (SSSR count). The third-order valence-electron chi connectivity index (χ3n) is 4.83. The van der Waals surface area contributed by atoms with Crippen molar-refractivity contribution in [3.63, 3.8) is 0 Å². The summed E-state index contributed by atoms with van der Waals surface area (Å²) in [5, 5.41) is 64.6. The fraction of sp³-hybridized carbons (Fsp3) is 0. The lowest BCUT2D eigenvalue weighted by molar-refractivity contribution is 0.403. The van der Waals surface area contributed by atoms with Gasteiger partial charge < -0.3 is 35.7 Å². The molecule has 35 heavy (non-hydrogen) atoms. The lowest BCUT2D eigenvalue weighted by Crippen LogP contribution is -1.75. The molecule has 4 aromatic carbocycles. The van der Waals surface area contributed by atoms with Crippen molar-refractivity contribution in [2.75, 3.05) is 0 Å². The molecule has 0 heterocycles. The zero-order chi connectivity index (χ0) is 25.4. The van der Waals surface area contributed by atoms with Crippen LogP contribution in [0.15, 0.2) is 78.9 Å². The molecule has 0 aliphatic carbocycles. The van der Waals surface area contributed by atoms with Crippen LogP contribution in [0, 0.1) is 0 Å². The Morgan fingerprint density at radius 3 is 0.914 bits per heavy atom. The minimum Gasteiger partial charge on any atom is -0.508 e. The van der Waals surface area contributed by atoms with Crippen LogP contribution in [0.1, 0.15) is 22.3 Å². The largest absolute Gasteiger partial charge is 0.508 e. The molecule has 0 atom stereocenters. The number of aromatic hydroxyl groups is 7. The monoisotopic (exact) mass is 472 g/mol. The molecule has 178 valence electrons. The van der Waals surface area contributed by atoms with Crippen LogP contribution < -0.4 is 0 Å². The highest BCUT2D eigenvalue weighted by atomic mass is 16.3. The third kappa shape index (κ3) is 7.23. The number of hydrogen-bond donors (Lipinski definition) is 7. The second-order valence-electron chi connectivity index (χ2n) is 7.50. The summed E-state index contributed by atoms with van der Waals surface area (Å²) in [7, 11) is 0. The summed E-state index contributed by atoms with van der Waals surface area (Å²) in [6.07, 6.45) is 7.09. The SMILES string of the molecule is Oc1ccc(/C=C/c2ccc(O)c(O)c2)cc1.Oc1ccc(/C=C/c2ccc(O)c(O)c2)cc1O. The standard InChI is InChI=1S/C14H12O4.C14H12O3/c15-11-5-3-9(7-13(11)17)1-2-10-4-6-12(16)14(18)8-10;15-12-6-3-10(4-7-12)1-2-11-5-8-13(16)14(17)9-11/h1-8,15-18H;1-9,15-17H/b2*2-1+. The first-order valence-electron chi connectivity index (χ1n) is 10.4. The van der Waals surface area contributed by atoms with E-state index in [1.165, 1.54) is 36.4 Å². The van der Waals surface area contributed by atoms with Gasteiger partial charge in [0, 0.05) is 0 Å². The predicted octanol–water partition coefficient (Wildman–Crippen LogP) is 5.65. The van der Waals surface area contributed by atoms with E-state index in [9.17, 15) is 15.3 Å². The molecule has 7 nitrogen and oxygen atoms in total. The van der Waals surface area contributed by atoms with Gasteiger partial charge >= 0.3 is 0 Å². The number of phenols is 7. The van der Waals surface area contributed by atoms with Crippen molar-refractivity contribution < 1.29 is 35.7 Å². The quantitative estimate of drug-likeness (QED) is 0.150. The van der Waals surface area contributed by atoms with E-state index in [0.717, 1.165) is 11.1 Å². The molecule has 4 aromatic rings. The van der Waals surface area contributed by atoms with Gasteiger partial charge in [-0.1, -0.05) is 54.6 Å². The first-order valence-corrected chi connectivity index (χ1v) is 10.4. The van der Waals surface area contributed by atoms with Crippen LogP contribution in [0.5, 0.6) is 40.2 Å². The molecular weight excluding hydrogens is 448 g/mol. The van der Waals surface area contributed by atoms with Crippen molar-refractivity contribution in [1.29, 1.82) is 0 Å². The lowest BCUT2D eigenvalue weighted by Gasteiger charge is -2.00. The third-order valence-corrected chi connectivity index (χ3v) is 4.83. The van der Waals surface area contributed by atoms with Crippen molar-refractivity contribution in [3.8, 4) is 40.2 Å². The van der Waals surface area contributed by atoms with E-state index in [4.69, 9.17) is 20.4 Å². The second kappa shape index (κ2) is 11.2. The van der Waals surface area contributed by atoms with Crippen LogP contribution in [0.3, 0.4) is 0 Å². The number of hydrogen-bond acceptors (Lipinski definition) is 7. The molecule has 0 spiro atoms. The van der Waals surface area contributed by atoms with E-state index in [1.807, 2.05) is 12.2 Å². The summed E-state index contributed by atoms with van der Waals surface area (Å²) in [6.45, 7) is 0. The molecule has 0 saturated carbocycles. The highest BCUT2D eigenvalue weighted by Crippen LogP contribution is 2.28. The molecule has 7 heteroatoms. The van der Waals surface area contributed by atoms with E-state index in [0.29, 0.717) is 11.1 Å². The van der Waals surface area contributed by atoms with E-state index in [-0.39, 0.29) is 40.2 Å². The van der Waals surface area contributed by atoms with Crippen LogP contribution in [0.25, 0.3) is 24.3 Å². The van der Waals surface area contributed by atoms with Gasteiger partial charge in [-0.05, 0) is 70.8 Å². The molecule has 0 radical (unpaired) electrons. The summed E-state index contributed by atoms with van der Waals surface area (Å²) in [5.41, 5.74) is 3.14. The van der Waals surface area contributed by atoms with Gasteiger partial charge in [-0.3, -0.25) is 0 Å². The lowest BCUT2D eigenvalue weighted by atomic mass is 10.1. The topological polar surface area (TPSA) is 142 Å². The summed E-state index contributed by atoms with van der Waals surface area (Å²) in [4.78, 5) is 0. The van der Waals surface area contributed by atoms with Crippen LogP contribution >= 0.6 is 0 Å². The Morgan fingerprint density at radius 1 is 0.314 bits per heavy atom. The van der Waals surface area contributed by atoms with Crippen molar-refractivity contribution in [2.24, 2.45) is 0 Å². The maximum atomic E-state index is 9.32. The first-order chi connectivity index (χ1) is 16.7. The van der Waals surface area contributed by atoms with Gasteiger partial charge in [0.15, 0.2) is 34.5 Å². The number of benzene rings is 4. The maximum Gasteiger partial charge on any atom is 0.157 e. The summed E-state index contributed by atoms with van der Waals surface area (Å²) in [6, 6.07) is 20.3. The summed E-state index contributed by atoms with van der Waals surface area (Å²) in [5.74, 6) is -0.769. The van der Waals surface area contributed by atoms with Crippen molar-refractivity contribution >= 4 is 24.3 Å². The highest BCUT2D eigenvalue weighted by Gasteiger charge is 2.00. The van der Waals surface area contributed by atoms with Crippen LogP contribution in [-0.4, -0.2) is 35.7 Å². The average Bonchev–Trinajstić information content (AvgIpc) is 2.84. The van der Waals surface area contributed by atoms with Gasteiger partial charge in [-0.15, -0.1) is 0 Å². The van der Waals surface area contributed by atoms with Gasteiger partial charge in [-0.2, -0.15) is 0 Å². The normalized spacial score (nSPS) is 10.9. The van der Waals surface area contributed by atoms with Crippen molar-refractivity contribution in [2.45, 2.75) is 0 Å². The fourth-order valence-electron chi connectivity index (χ4n) is 2.90. The Kier molecular flexibility index (Phi) is 7.87. The van der Waals surface area contributed by atoms with Crippen molar-refractivity contribution in [3.05, 3.63) is 101 Å². The minimum atomic E-state index is -0.189. The minimum absolute atomic E-state index is 0.133. The van der Waals surface area contributed by atoms with Crippen LogP contribution in [-0.2, 0) is 0 Å². The van der Waals surface area contributed by atoms with Gasteiger partial charge in [-0.25, -0.2) is 0 Å². The predicted molar refractivity (Wildman–Crippen MR) is 135 cm³/mol. The van der Waals surface area contributed by atoms with Gasteiger partial charge in [0.25, 0.3) is 0 Å². The Morgan fingerprint density at radius 2 is 0.600 bits per heavy atom. The Hall–Kier alpha value is -5.04. The van der Waals surface area contributed by atoms with Crippen LogP contribution in [0.2, 0.25) is 0 Å². The van der Waals surface area contributed by atoms with E-state index < -0.39 is 0 Å². The Bertz CT molecular complexity index is 1300. The molecule has 0 aliphatic rings. The number of rotatable bonds is 4. The fourth-order valence-corrected chi connectivity index (χ4v) is 2.90. The molecular formula is C28H24O7. The smallest absolute Gasteiger partial charge is 0.157 e. The van der Waals surface area contributed by atoms with Gasteiger partial charge in [0.2, 0.25) is 0 Å². The zero-order valence-electron chi connectivity index (χ0n) is 18.4. The molecule has 0 bridgehead atoms. The molecule has 0 unspecified atom stereocenters. The second-order valence-corrected chi connectivity index (χ2v) is 7.50. The van der Waals surface area contributed by atoms with E-state index in [1.54, 1.807) is 54.6 Å². The molecule has 7 N–H and O–H groups in total. The molecule has 0 saturated heterocycles. The van der Waals surface area contributed by atoms with E-state index in [2.05, 4.69) is 0 Å². The summed E-state index contributed by atoms with van der Waals surface area (Å²) < 4.78 is 0. The van der Waals surface area contributed by atoms with E-state index >= 15 is 0 Å². The van der Waals surface area contributed by atoms with Crippen LogP contribution in [0.4, 0.5) is 0 Å². The zero-order valence-corrected chi connectivity index (χ0v) is 18.4. The van der Waals surface area contributed by atoms with Crippen molar-refractivity contribution in [1.82, 2.24) is 0 Å². The highest BCUT2D eigenvalue weighted by molar-refractivity contribution is 5.72. The molecule has 0 aromatic heterocycles.